The van der Waals surface area contributed by atoms with Gasteiger partial charge in [0.1, 0.15) is 0 Å². The number of ether oxygens (including phenoxy) is 3. The van der Waals surface area contributed by atoms with Crippen molar-refractivity contribution in [2.45, 2.75) is 6.17 Å². The number of carbonyl (C=O) groups is 1. The first kappa shape index (κ1) is 12.3. The summed E-state index contributed by atoms with van der Waals surface area (Å²) in [7, 11) is 3.94. The third-order valence-corrected chi connectivity index (χ3v) is 2.11. The van der Waals surface area contributed by atoms with Gasteiger partial charge in [-0.15, -0.1) is 0 Å². The van der Waals surface area contributed by atoms with Crippen molar-refractivity contribution in [1.29, 1.82) is 0 Å². The molecule has 0 aromatic heterocycles. The molecule has 1 atom stereocenters. The van der Waals surface area contributed by atoms with E-state index in [0.29, 0.717) is 5.75 Å². The summed E-state index contributed by atoms with van der Waals surface area (Å²) in [6.07, 6.45) is -1.88. The molecule has 0 radical (unpaired) electrons. The Labute approximate surface area is 92.9 Å². The van der Waals surface area contributed by atoms with Crippen LogP contribution in [0.5, 0.6) is 11.5 Å². The van der Waals surface area contributed by atoms with Gasteiger partial charge in [0.15, 0.2) is 11.5 Å². The minimum Gasteiger partial charge on any atom is -0.493 e. The molecular weight excluding hydrogens is 215 g/mol. The molecular formula is C11H13FO4. The first-order chi connectivity index (χ1) is 7.65. The van der Waals surface area contributed by atoms with Gasteiger partial charge in [0.05, 0.1) is 21.3 Å². The Hall–Kier alpha value is -1.78. The molecule has 0 heterocycles. The maximum atomic E-state index is 13.7. The molecule has 0 spiro atoms. The Morgan fingerprint density at radius 1 is 1.25 bits per heavy atom. The lowest BCUT2D eigenvalue weighted by atomic mass is 10.1. The van der Waals surface area contributed by atoms with E-state index in [2.05, 4.69) is 4.74 Å². The number of methoxy groups -OCH3 is 3. The molecule has 1 rings (SSSR count). The Bertz CT molecular complexity index is 378. The summed E-state index contributed by atoms with van der Waals surface area (Å²) < 4.78 is 28.0. The SMILES string of the molecule is COC(=O)C(F)c1cccc(OC)c1OC. The van der Waals surface area contributed by atoms with E-state index >= 15 is 0 Å². The zero-order valence-electron chi connectivity index (χ0n) is 9.32. The van der Waals surface area contributed by atoms with Crippen molar-refractivity contribution in [3.63, 3.8) is 0 Å². The molecule has 1 unspecified atom stereocenters. The number of alkyl halides is 1. The zero-order valence-corrected chi connectivity index (χ0v) is 9.32. The minimum absolute atomic E-state index is 0.0914. The molecule has 0 N–H and O–H groups in total. The lowest BCUT2D eigenvalue weighted by molar-refractivity contribution is -0.146. The molecule has 0 aliphatic rings. The number of halogens is 1. The van der Waals surface area contributed by atoms with Crippen molar-refractivity contribution in [2.75, 3.05) is 21.3 Å². The van der Waals surface area contributed by atoms with E-state index in [4.69, 9.17) is 9.47 Å². The fraction of sp³-hybridized carbons (Fsp3) is 0.364. The molecule has 5 heteroatoms. The Balaban J connectivity index is 3.17. The van der Waals surface area contributed by atoms with Crippen molar-refractivity contribution in [3.05, 3.63) is 23.8 Å². The van der Waals surface area contributed by atoms with E-state index in [9.17, 15) is 9.18 Å². The molecule has 16 heavy (non-hydrogen) atoms. The monoisotopic (exact) mass is 228 g/mol. The van der Waals surface area contributed by atoms with Crippen LogP contribution in [-0.4, -0.2) is 27.3 Å². The van der Waals surface area contributed by atoms with Crippen LogP contribution in [0.1, 0.15) is 11.7 Å². The smallest absolute Gasteiger partial charge is 0.345 e. The minimum atomic E-state index is -1.88. The molecule has 0 fully saturated rings. The predicted molar refractivity (Wildman–Crippen MR) is 55.4 cm³/mol. The Kier molecular flexibility index (Phi) is 4.10. The molecule has 0 aliphatic heterocycles. The molecule has 0 saturated heterocycles. The number of benzene rings is 1. The summed E-state index contributed by atoms with van der Waals surface area (Å²) in [4.78, 5) is 11.1. The number of esters is 1. The zero-order chi connectivity index (χ0) is 12.1. The molecule has 0 saturated carbocycles. The van der Waals surface area contributed by atoms with Gasteiger partial charge in [0, 0.05) is 5.56 Å². The van der Waals surface area contributed by atoms with Crippen molar-refractivity contribution in [2.24, 2.45) is 0 Å². The maximum absolute atomic E-state index is 13.7. The molecule has 0 aliphatic carbocycles. The van der Waals surface area contributed by atoms with E-state index in [1.807, 2.05) is 0 Å². The molecule has 1 aromatic carbocycles. The van der Waals surface area contributed by atoms with Crippen LogP contribution in [0.4, 0.5) is 4.39 Å². The van der Waals surface area contributed by atoms with Crippen molar-refractivity contribution in [3.8, 4) is 11.5 Å². The third-order valence-electron chi connectivity index (χ3n) is 2.11. The lowest BCUT2D eigenvalue weighted by Crippen LogP contribution is -2.11. The fourth-order valence-corrected chi connectivity index (χ4v) is 1.34. The lowest BCUT2D eigenvalue weighted by Gasteiger charge is -2.14. The van der Waals surface area contributed by atoms with Gasteiger partial charge >= 0.3 is 5.97 Å². The topological polar surface area (TPSA) is 44.8 Å². The summed E-state index contributed by atoms with van der Waals surface area (Å²) in [5.41, 5.74) is 0.0914. The predicted octanol–water partition coefficient (Wildman–Crippen LogP) is 1.89. The first-order valence-electron chi connectivity index (χ1n) is 4.58. The van der Waals surface area contributed by atoms with Crippen LogP contribution in [-0.2, 0) is 9.53 Å². The van der Waals surface area contributed by atoms with Crippen LogP contribution in [0.15, 0.2) is 18.2 Å². The highest BCUT2D eigenvalue weighted by molar-refractivity contribution is 5.77. The second-order valence-corrected chi connectivity index (χ2v) is 2.97. The van der Waals surface area contributed by atoms with Crippen LogP contribution >= 0.6 is 0 Å². The summed E-state index contributed by atoms with van der Waals surface area (Å²) in [5.74, 6) is -0.402. The summed E-state index contributed by atoms with van der Waals surface area (Å²) in [6.45, 7) is 0. The number of para-hydroxylation sites is 1. The van der Waals surface area contributed by atoms with Crippen molar-refractivity contribution in [1.82, 2.24) is 0 Å². The van der Waals surface area contributed by atoms with Crippen LogP contribution in [0, 0.1) is 0 Å². The second kappa shape index (κ2) is 5.34. The van der Waals surface area contributed by atoms with E-state index < -0.39 is 12.1 Å². The normalized spacial score (nSPS) is 11.8. The molecule has 4 nitrogen and oxygen atoms in total. The van der Waals surface area contributed by atoms with Crippen LogP contribution in [0.3, 0.4) is 0 Å². The van der Waals surface area contributed by atoms with Crippen LogP contribution in [0.2, 0.25) is 0 Å². The summed E-state index contributed by atoms with van der Waals surface area (Å²) in [6, 6.07) is 4.64. The van der Waals surface area contributed by atoms with Gasteiger partial charge in [0.2, 0.25) is 6.17 Å². The van der Waals surface area contributed by atoms with Gasteiger partial charge in [-0.1, -0.05) is 12.1 Å². The van der Waals surface area contributed by atoms with E-state index in [-0.39, 0.29) is 11.3 Å². The van der Waals surface area contributed by atoms with E-state index in [1.165, 1.54) is 20.3 Å². The van der Waals surface area contributed by atoms with Gasteiger partial charge < -0.3 is 14.2 Å². The molecule has 0 amide bonds. The van der Waals surface area contributed by atoms with Gasteiger partial charge in [-0.25, -0.2) is 9.18 Å². The van der Waals surface area contributed by atoms with E-state index in [0.717, 1.165) is 7.11 Å². The van der Waals surface area contributed by atoms with Crippen molar-refractivity contribution >= 4 is 5.97 Å². The van der Waals surface area contributed by atoms with Gasteiger partial charge in [-0.2, -0.15) is 0 Å². The summed E-state index contributed by atoms with van der Waals surface area (Å²) >= 11 is 0. The maximum Gasteiger partial charge on any atom is 0.345 e. The highest BCUT2D eigenvalue weighted by atomic mass is 19.1. The number of rotatable bonds is 4. The highest BCUT2D eigenvalue weighted by Gasteiger charge is 2.25. The van der Waals surface area contributed by atoms with Gasteiger partial charge in [-0.05, 0) is 6.07 Å². The standard InChI is InChI=1S/C11H13FO4/c1-14-8-6-4-5-7(10(8)15-2)9(12)11(13)16-3/h4-6,9H,1-3H3. The largest absolute Gasteiger partial charge is 0.493 e. The van der Waals surface area contributed by atoms with Crippen molar-refractivity contribution < 1.29 is 23.4 Å². The fourth-order valence-electron chi connectivity index (χ4n) is 1.34. The number of hydrogen-bond donors (Lipinski definition) is 0. The Morgan fingerprint density at radius 3 is 2.44 bits per heavy atom. The summed E-state index contributed by atoms with van der Waals surface area (Å²) in [5, 5.41) is 0. The van der Waals surface area contributed by atoms with Gasteiger partial charge in [-0.3, -0.25) is 0 Å². The van der Waals surface area contributed by atoms with Gasteiger partial charge in [0.25, 0.3) is 0 Å². The molecule has 1 aromatic rings. The number of hydrogen-bond acceptors (Lipinski definition) is 4. The van der Waals surface area contributed by atoms with Crippen LogP contribution < -0.4 is 9.47 Å². The number of carbonyl (C=O) groups excluding carboxylic acids is 1. The average Bonchev–Trinajstić information content (AvgIpc) is 2.35. The molecule has 0 bridgehead atoms. The first-order valence-corrected chi connectivity index (χ1v) is 4.58. The third kappa shape index (κ3) is 2.24. The average molecular weight is 228 g/mol. The van der Waals surface area contributed by atoms with Crippen LogP contribution in [0.25, 0.3) is 0 Å². The highest BCUT2D eigenvalue weighted by Crippen LogP contribution is 2.36. The quantitative estimate of drug-likeness (QED) is 0.738. The van der Waals surface area contributed by atoms with E-state index in [1.54, 1.807) is 12.1 Å². The molecule has 88 valence electrons. The second-order valence-electron chi connectivity index (χ2n) is 2.97. The Morgan fingerprint density at radius 2 is 1.94 bits per heavy atom.